The van der Waals surface area contributed by atoms with Gasteiger partial charge in [-0.05, 0) is 37.6 Å². The van der Waals surface area contributed by atoms with Gasteiger partial charge in [0.1, 0.15) is 5.75 Å². The zero-order chi connectivity index (χ0) is 14.7. The minimum Gasteiger partial charge on any atom is -0.494 e. The van der Waals surface area contributed by atoms with E-state index in [0.717, 1.165) is 26.9 Å². The number of hydrogen-bond donors (Lipinski definition) is 1. The molecule has 0 spiro atoms. The van der Waals surface area contributed by atoms with Crippen LogP contribution in [0.15, 0.2) is 40.9 Å². The van der Waals surface area contributed by atoms with Crippen molar-refractivity contribution in [3.8, 4) is 5.75 Å². The highest BCUT2D eigenvalue weighted by molar-refractivity contribution is 9.10. The third kappa shape index (κ3) is 3.35. The SMILES string of the molecule is CCOc1ccc(C)cc1C(N)c1ccc(Br)cc1Cl. The second-order valence-electron chi connectivity index (χ2n) is 4.62. The number of halogens is 2. The van der Waals surface area contributed by atoms with Gasteiger partial charge < -0.3 is 10.5 Å². The van der Waals surface area contributed by atoms with Crippen molar-refractivity contribution in [2.45, 2.75) is 19.9 Å². The van der Waals surface area contributed by atoms with Crippen LogP contribution in [0.25, 0.3) is 0 Å². The maximum Gasteiger partial charge on any atom is 0.124 e. The van der Waals surface area contributed by atoms with Crippen LogP contribution in [-0.2, 0) is 0 Å². The Labute approximate surface area is 133 Å². The van der Waals surface area contributed by atoms with E-state index in [1.807, 2.05) is 50.2 Å². The van der Waals surface area contributed by atoms with Crippen LogP contribution in [0.1, 0.15) is 29.7 Å². The van der Waals surface area contributed by atoms with E-state index in [9.17, 15) is 0 Å². The maximum absolute atomic E-state index is 6.39. The van der Waals surface area contributed by atoms with Gasteiger partial charge in [0, 0.05) is 15.1 Å². The van der Waals surface area contributed by atoms with Gasteiger partial charge in [-0.1, -0.05) is 51.3 Å². The van der Waals surface area contributed by atoms with Crippen molar-refractivity contribution < 1.29 is 4.74 Å². The van der Waals surface area contributed by atoms with Gasteiger partial charge in [-0.2, -0.15) is 0 Å². The molecule has 20 heavy (non-hydrogen) atoms. The summed E-state index contributed by atoms with van der Waals surface area (Å²) in [6.45, 7) is 4.60. The summed E-state index contributed by atoms with van der Waals surface area (Å²) in [5.41, 5.74) is 9.38. The van der Waals surface area contributed by atoms with E-state index in [2.05, 4.69) is 15.9 Å². The Bertz CT molecular complexity index is 615. The van der Waals surface area contributed by atoms with E-state index in [-0.39, 0.29) is 6.04 Å². The second kappa shape index (κ2) is 6.61. The number of aryl methyl sites for hydroxylation is 1. The maximum atomic E-state index is 6.39. The fraction of sp³-hybridized carbons (Fsp3) is 0.250. The van der Waals surface area contributed by atoms with Crippen molar-refractivity contribution in [1.29, 1.82) is 0 Å². The molecule has 0 saturated heterocycles. The molecule has 106 valence electrons. The first-order valence-electron chi connectivity index (χ1n) is 6.46. The summed E-state index contributed by atoms with van der Waals surface area (Å²) >= 11 is 9.70. The number of nitrogens with two attached hydrogens (primary N) is 1. The summed E-state index contributed by atoms with van der Waals surface area (Å²) < 4.78 is 6.60. The van der Waals surface area contributed by atoms with E-state index in [4.69, 9.17) is 22.1 Å². The van der Waals surface area contributed by atoms with Crippen molar-refractivity contribution in [3.05, 3.63) is 62.6 Å². The lowest BCUT2D eigenvalue weighted by molar-refractivity contribution is 0.335. The predicted octanol–water partition coefficient (Wildman–Crippen LogP) is 4.86. The minimum absolute atomic E-state index is 0.308. The molecule has 1 atom stereocenters. The number of hydrogen-bond acceptors (Lipinski definition) is 2. The lowest BCUT2D eigenvalue weighted by Crippen LogP contribution is -2.14. The molecule has 0 bridgehead atoms. The molecule has 0 heterocycles. The molecule has 4 heteroatoms. The molecule has 0 aromatic heterocycles. The Hall–Kier alpha value is -1.03. The molecule has 2 rings (SSSR count). The van der Waals surface area contributed by atoms with E-state index < -0.39 is 0 Å². The van der Waals surface area contributed by atoms with Crippen LogP contribution in [0.3, 0.4) is 0 Å². The van der Waals surface area contributed by atoms with E-state index in [1.54, 1.807) is 0 Å². The Morgan fingerprint density at radius 1 is 1.20 bits per heavy atom. The Morgan fingerprint density at radius 2 is 1.95 bits per heavy atom. The summed E-state index contributed by atoms with van der Waals surface area (Å²) in [5, 5.41) is 0.649. The van der Waals surface area contributed by atoms with Crippen molar-refractivity contribution in [2.24, 2.45) is 5.73 Å². The van der Waals surface area contributed by atoms with Crippen LogP contribution in [0.2, 0.25) is 5.02 Å². The molecule has 0 aliphatic heterocycles. The summed E-state index contributed by atoms with van der Waals surface area (Å²) in [6.07, 6.45) is 0. The number of benzene rings is 2. The monoisotopic (exact) mass is 353 g/mol. The first-order chi connectivity index (χ1) is 9.52. The van der Waals surface area contributed by atoms with Gasteiger partial charge >= 0.3 is 0 Å². The molecule has 2 aromatic rings. The molecule has 0 aliphatic rings. The molecule has 2 aromatic carbocycles. The molecular formula is C16H17BrClNO. The molecule has 0 aliphatic carbocycles. The van der Waals surface area contributed by atoms with Gasteiger partial charge in [0.25, 0.3) is 0 Å². The largest absolute Gasteiger partial charge is 0.494 e. The first kappa shape index (κ1) is 15.4. The van der Waals surface area contributed by atoms with Crippen LogP contribution in [-0.4, -0.2) is 6.61 Å². The fourth-order valence-electron chi connectivity index (χ4n) is 2.12. The standard InChI is InChI=1S/C16H17BrClNO/c1-3-20-15-7-4-10(2)8-13(15)16(19)12-6-5-11(17)9-14(12)18/h4-9,16H,3,19H2,1-2H3. The minimum atomic E-state index is -0.308. The fourth-order valence-corrected chi connectivity index (χ4v) is 2.91. The summed E-state index contributed by atoms with van der Waals surface area (Å²) in [4.78, 5) is 0. The Morgan fingerprint density at radius 3 is 2.60 bits per heavy atom. The molecule has 0 amide bonds. The third-order valence-electron chi connectivity index (χ3n) is 3.10. The molecule has 0 fully saturated rings. The highest BCUT2D eigenvalue weighted by Gasteiger charge is 2.17. The Balaban J connectivity index is 2.46. The zero-order valence-corrected chi connectivity index (χ0v) is 13.8. The molecule has 0 radical (unpaired) electrons. The van der Waals surface area contributed by atoms with Crippen molar-refractivity contribution in [3.63, 3.8) is 0 Å². The van der Waals surface area contributed by atoms with Crippen molar-refractivity contribution >= 4 is 27.5 Å². The normalized spacial score (nSPS) is 12.2. The van der Waals surface area contributed by atoms with Gasteiger partial charge in [0.05, 0.1) is 12.6 Å². The van der Waals surface area contributed by atoms with Gasteiger partial charge in [-0.25, -0.2) is 0 Å². The van der Waals surface area contributed by atoms with Crippen LogP contribution in [0, 0.1) is 6.92 Å². The molecule has 2 N–H and O–H groups in total. The van der Waals surface area contributed by atoms with Crippen LogP contribution >= 0.6 is 27.5 Å². The lowest BCUT2D eigenvalue weighted by Gasteiger charge is -2.19. The molecule has 0 saturated carbocycles. The van der Waals surface area contributed by atoms with Gasteiger partial charge in [-0.15, -0.1) is 0 Å². The van der Waals surface area contributed by atoms with E-state index in [0.29, 0.717) is 11.6 Å². The van der Waals surface area contributed by atoms with E-state index >= 15 is 0 Å². The van der Waals surface area contributed by atoms with Crippen LogP contribution in [0.5, 0.6) is 5.75 Å². The summed E-state index contributed by atoms with van der Waals surface area (Å²) in [6, 6.07) is 11.5. The van der Waals surface area contributed by atoms with Crippen LogP contribution in [0.4, 0.5) is 0 Å². The third-order valence-corrected chi connectivity index (χ3v) is 3.92. The molecular weight excluding hydrogens is 338 g/mol. The smallest absolute Gasteiger partial charge is 0.124 e. The summed E-state index contributed by atoms with van der Waals surface area (Å²) in [5.74, 6) is 0.810. The summed E-state index contributed by atoms with van der Waals surface area (Å²) in [7, 11) is 0. The number of rotatable bonds is 4. The van der Waals surface area contributed by atoms with E-state index in [1.165, 1.54) is 0 Å². The predicted molar refractivity (Wildman–Crippen MR) is 87.5 cm³/mol. The Kier molecular flexibility index (Phi) is 5.08. The van der Waals surface area contributed by atoms with Crippen LogP contribution < -0.4 is 10.5 Å². The van der Waals surface area contributed by atoms with Crippen molar-refractivity contribution in [1.82, 2.24) is 0 Å². The topological polar surface area (TPSA) is 35.2 Å². The van der Waals surface area contributed by atoms with Gasteiger partial charge in [-0.3, -0.25) is 0 Å². The highest BCUT2D eigenvalue weighted by Crippen LogP contribution is 2.33. The average molecular weight is 355 g/mol. The first-order valence-corrected chi connectivity index (χ1v) is 7.64. The average Bonchev–Trinajstić information content (AvgIpc) is 2.40. The zero-order valence-electron chi connectivity index (χ0n) is 11.5. The second-order valence-corrected chi connectivity index (χ2v) is 5.94. The lowest BCUT2D eigenvalue weighted by atomic mass is 9.97. The molecule has 1 unspecified atom stereocenters. The number of ether oxygens (including phenoxy) is 1. The van der Waals surface area contributed by atoms with Gasteiger partial charge in [0.2, 0.25) is 0 Å². The molecule has 2 nitrogen and oxygen atoms in total. The van der Waals surface area contributed by atoms with Gasteiger partial charge in [0.15, 0.2) is 0 Å². The quantitative estimate of drug-likeness (QED) is 0.851. The van der Waals surface area contributed by atoms with Crippen molar-refractivity contribution in [2.75, 3.05) is 6.61 Å². The highest BCUT2D eigenvalue weighted by atomic mass is 79.9.